The first-order valence-corrected chi connectivity index (χ1v) is 10.6. The lowest BCUT2D eigenvalue weighted by atomic mass is 9.99. The molecule has 0 saturated carbocycles. The lowest BCUT2D eigenvalue weighted by Gasteiger charge is -2.17. The van der Waals surface area contributed by atoms with E-state index in [2.05, 4.69) is 0 Å². The van der Waals surface area contributed by atoms with E-state index >= 15 is 0 Å². The molecule has 5 nitrogen and oxygen atoms in total. The van der Waals surface area contributed by atoms with Gasteiger partial charge in [0.2, 0.25) is 0 Å². The van der Waals surface area contributed by atoms with Gasteiger partial charge in [-0.25, -0.2) is 8.42 Å². The van der Waals surface area contributed by atoms with Crippen LogP contribution in [0.3, 0.4) is 0 Å². The highest BCUT2D eigenvalue weighted by Gasteiger charge is 2.26. The van der Waals surface area contributed by atoms with Crippen LogP contribution in [-0.2, 0) is 10.0 Å². The van der Waals surface area contributed by atoms with E-state index in [0.29, 0.717) is 16.7 Å². The van der Waals surface area contributed by atoms with Crippen molar-refractivity contribution in [2.24, 2.45) is 0 Å². The second-order valence-electron chi connectivity index (χ2n) is 6.55. The van der Waals surface area contributed by atoms with Gasteiger partial charge in [0.15, 0.2) is 0 Å². The predicted molar refractivity (Wildman–Crippen MR) is 115 cm³/mol. The molecular weight excluding hydrogens is 396 g/mol. The van der Waals surface area contributed by atoms with E-state index in [4.69, 9.17) is 0 Å². The Kier molecular flexibility index (Phi) is 5.05. The van der Waals surface area contributed by atoms with Gasteiger partial charge in [-0.05, 0) is 29.3 Å². The minimum Gasteiger partial charge on any atom is -0.267 e. The standard InChI is InChI=1S/C24H16N2O3S/c25-17-22-21(18-10-4-1-5-11-18)16-23(19-12-6-2-7-13-19)26(24(22)27)30(28,29)20-14-8-3-9-15-20/h1-16H. The minimum absolute atomic E-state index is 0.0272. The van der Waals surface area contributed by atoms with E-state index in [1.165, 1.54) is 12.1 Å². The van der Waals surface area contributed by atoms with Crippen LogP contribution in [0.25, 0.3) is 22.4 Å². The van der Waals surface area contributed by atoms with Crippen LogP contribution in [0.2, 0.25) is 0 Å². The molecule has 0 spiro atoms. The summed E-state index contributed by atoms with van der Waals surface area (Å²) in [6, 6.07) is 29.0. The molecule has 0 bridgehead atoms. The normalized spacial score (nSPS) is 11.0. The molecule has 0 N–H and O–H groups in total. The van der Waals surface area contributed by atoms with Crippen molar-refractivity contribution in [1.82, 2.24) is 3.97 Å². The third kappa shape index (κ3) is 3.32. The van der Waals surface area contributed by atoms with Crippen molar-refractivity contribution in [3.8, 4) is 28.5 Å². The quantitative estimate of drug-likeness (QED) is 0.501. The Bertz CT molecular complexity index is 1400. The van der Waals surface area contributed by atoms with Crippen molar-refractivity contribution < 1.29 is 8.42 Å². The second-order valence-corrected chi connectivity index (χ2v) is 8.34. The first-order valence-electron chi connectivity index (χ1n) is 9.15. The highest BCUT2D eigenvalue weighted by atomic mass is 32.2. The number of aromatic nitrogens is 1. The lowest BCUT2D eigenvalue weighted by molar-refractivity contribution is 0.586. The zero-order chi connectivity index (χ0) is 21.1. The van der Waals surface area contributed by atoms with E-state index in [9.17, 15) is 18.5 Å². The molecule has 0 amide bonds. The fourth-order valence-electron chi connectivity index (χ4n) is 3.29. The van der Waals surface area contributed by atoms with Crippen LogP contribution >= 0.6 is 0 Å². The van der Waals surface area contributed by atoms with Gasteiger partial charge in [-0.3, -0.25) is 4.79 Å². The largest absolute Gasteiger partial charge is 0.283 e. The van der Waals surface area contributed by atoms with Crippen LogP contribution in [0.1, 0.15) is 5.56 Å². The van der Waals surface area contributed by atoms with Crippen LogP contribution in [0.4, 0.5) is 0 Å². The molecule has 1 heterocycles. The molecule has 4 aromatic rings. The fraction of sp³-hybridized carbons (Fsp3) is 0. The highest BCUT2D eigenvalue weighted by molar-refractivity contribution is 7.90. The van der Waals surface area contributed by atoms with Crippen LogP contribution < -0.4 is 5.56 Å². The summed E-state index contributed by atoms with van der Waals surface area (Å²) in [5.74, 6) is 0. The average molecular weight is 412 g/mol. The fourth-order valence-corrected chi connectivity index (χ4v) is 4.73. The van der Waals surface area contributed by atoms with Gasteiger partial charge in [-0.15, -0.1) is 0 Å². The maximum Gasteiger partial charge on any atom is 0.283 e. The SMILES string of the molecule is N#Cc1c(-c2ccccc2)cc(-c2ccccc2)n(S(=O)(=O)c2ccccc2)c1=O. The molecule has 4 rings (SSSR count). The Morgan fingerprint density at radius 1 is 0.733 bits per heavy atom. The van der Waals surface area contributed by atoms with E-state index < -0.39 is 15.6 Å². The molecule has 0 aliphatic carbocycles. The first-order chi connectivity index (χ1) is 14.5. The summed E-state index contributed by atoms with van der Waals surface area (Å²) < 4.78 is 27.6. The smallest absolute Gasteiger partial charge is 0.267 e. The third-order valence-corrected chi connectivity index (χ3v) is 6.43. The van der Waals surface area contributed by atoms with E-state index in [0.717, 1.165) is 3.97 Å². The highest BCUT2D eigenvalue weighted by Crippen LogP contribution is 2.29. The van der Waals surface area contributed by atoms with Crippen LogP contribution in [0.5, 0.6) is 0 Å². The molecule has 30 heavy (non-hydrogen) atoms. The second kappa shape index (κ2) is 7.82. The van der Waals surface area contributed by atoms with Crippen molar-refractivity contribution in [2.45, 2.75) is 4.90 Å². The number of nitrogens with zero attached hydrogens (tertiary/aromatic N) is 2. The molecule has 0 fully saturated rings. The van der Waals surface area contributed by atoms with Crippen molar-refractivity contribution in [1.29, 1.82) is 5.26 Å². The molecule has 0 aliphatic rings. The van der Waals surface area contributed by atoms with Gasteiger partial charge >= 0.3 is 0 Å². The first kappa shape index (κ1) is 19.4. The lowest BCUT2D eigenvalue weighted by Crippen LogP contribution is -2.31. The third-order valence-electron chi connectivity index (χ3n) is 4.72. The molecule has 0 saturated heterocycles. The van der Waals surface area contributed by atoms with E-state index in [1.807, 2.05) is 12.1 Å². The Labute approximate surface area is 174 Å². The van der Waals surface area contributed by atoms with Gasteiger partial charge in [0.1, 0.15) is 11.6 Å². The predicted octanol–water partition coefficient (Wildman–Crippen LogP) is 4.29. The molecule has 1 aromatic heterocycles. The van der Waals surface area contributed by atoms with Gasteiger partial charge in [-0.2, -0.15) is 9.23 Å². The molecule has 0 unspecified atom stereocenters. The Morgan fingerprint density at radius 2 is 1.23 bits per heavy atom. The summed E-state index contributed by atoms with van der Waals surface area (Å²) >= 11 is 0. The summed E-state index contributed by atoms with van der Waals surface area (Å²) in [5, 5.41) is 9.72. The molecule has 0 radical (unpaired) electrons. The summed E-state index contributed by atoms with van der Waals surface area (Å²) in [4.78, 5) is 13.3. The van der Waals surface area contributed by atoms with E-state index in [-0.39, 0.29) is 16.2 Å². The monoisotopic (exact) mass is 412 g/mol. The topological polar surface area (TPSA) is 79.9 Å². The van der Waals surface area contributed by atoms with Gasteiger partial charge in [0, 0.05) is 5.56 Å². The Balaban J connectivity index is 2.13. The number of pyridine rings is 1. The summed E-state index contributed by atoms with van der Waals surface area (Å²) in [6.07, 6.45) is 0. The number of hydrogen-bond donors (Lipinski definition) is 0. The molecule has 3 aromatic carbocycles. The number of benzene rings is 3. The van der Waals surface area contributed by atoms with Crippen molar-refractivity contribution >= 4 is 10.0 Å². The van der Waals surface area contributed by atoms with Crippen molar-refractivity contribution in [2.75, 3.05) is 0 Å². The average Bonchev–Trinajstić information content (AvgIpc) is 2.80. The molecule has 0 atom stereocenters. The van der Waals surface area contributed by atoms with Crippen molar-refractivity contribution in [3.05, 3.63) is 113 Å². The van der Waals surface area contributed by atoms with Crippen LogP contribution in [-0.4, -0.2) is 12.4 Å². The maximum atomic E-state index is 13.4. The maximum absolute atomic E-state index is 13.4. The van der Waals surface area contributed by atoms with Gasteiger partial charge in [-0.1, -0.05) is 78.9 Å². The number of rotatable bonds is 4. The number of nitriles is 1. The molecule has 146 valence electrons. The summed E-state index contributed by atoms with van der Waals surface area (Å²) in [6.45, 7) is 0. The summed E-state index contributed by atoms with van der Waals surface area (Å²) in [5.41, 5.74) is 0.703. The molecule has 6 heteroatoms. The van der Waals surface area contributed by atoms with Crippen molar-refractivity contribution in [3.63, 3.8) is 0 Å². The minimum atomic E-state index is -4.23. The van der Waals surface area contributed by atoms with E-state index in [1.54, 1.807) is 78.9 Å². The van der Waals surface area contributed by atoms with Gasteiger partial charge in [0.25, 0.3) is 15.6 Å². The zero-order valence-electron chi connectivity index (χ0n) is 15.8. The zero-order valence-corrected chi connectivity index (χ0v) is 16.6. The Morgan fingerprint density at radius 3 is 1.77 bits per heavy atom. The van der Waals surface area contributed by atoms with Crippen LogP contribution in [0, 0.1) is 11.3 Å². The Hall–Kier alpha value is -3.95. The summed E-state index contributed by atoms with van der Waals surface area (Å²) in [7, 11) is -4.23. The van der Waals surface area contributed by atoms with Crippen LogP contribution in [0.15, 0.2) is 107 Å². The van der Waals surface area contributed by atoms with Gasteiger partial charge in [0.05, 0.1) is 10.6 Å². The molecular formula is C24H16N2O3S. The molecule has 0 aliphatic heterocycles. The number of hydrogen-bond acceptors (Lipinski definition) is 4. The van der Waals surface area contributed by atoms with Gasteiger partial charge < -0.3 is 0 Å².